The zero-order valence-electron chi connectivity index (χ0n) is 50.2. The number of pyridine rings is 6. The van der Waals surface area contributed by atoms with Crippen LogP contribution in [0.5, 0.6) is 0 Å². The van der Waals surface area contributed by atoms with E-state index < -0.39 is 17.2 Å². The maximum Gasteiger partial charge on any atom is 0.180 e. The third kappa shape index (κ3) is 17.2. The molecule has 4 aliphatic rings. The molecule has 18 heteroatoms. The lowest BCUT2D eigenvalue weighted by Gasteiger charge is -2.59. The Balaban J connectivity index is 0.000000588. The summed E-state index contributed by atoms with van der Waals surface area (Å²) in [5.74, 6) is 0. The minimum absolute atomic E-state index is 0.0936. The summed E-state index contributed by atoms with van der Waals surface area (Å²) in [6.45, 7) is 19.0. The van der Waals surface area contributed by atoms with Crippen LogP contribution in [0, 0.1) is 21.7 Å². The van der Waals surface area contributed by atoms with E-state index in [4.69, 9.17) is 149 Å². The molecule has 6 nitrogen and oxygen atoms in total. The summed E-state index contributed by atoms with van der Waals surface area (Å²) in [4.78, 5) is 28.8. The van der Waals surface area contributed by atoms with Gasteiger partial charge in [0.25, 0.3) is 0 Å². The molecule has 8 aromatic rings. The first kappa shape index (κ1) is 70.9. The maximum absolute atomic E-state index is 5.05. The minimum Gasteiger partial charge on any atom is -0.255 e. The number of hydrogen-bond donors (Lipinski definition) is 0. The second-order valence-electron chi connectivity index (χ2n) is 23.3. The van der Waals surface area contributed by atoms with Crippen molar-refractivity contribution in [1.29, 1.82) is 0 Å². The van der Waals surface area contributed by atoms with E-state index in [-0.39, 0.29) is 21.7 Å². The molecule has 2 atom stereocenters. The lowest BCUT2D eigenvalue weighted by molar-refractivity contribution is 0.249. The average molecular weight is 1440 g/mol. The molecule has 0 N–H and O–H groups in total. The van der Waals surface area contributed by atoms with E-state index in [0.717, 1.165) is 67.8 Å². The average Bonchev–Trinajstić information content (AvgIpc) is 0.672. The van der Waals surface area contributed by atoms with Gasteiger partial charge in [0.15, 0.2) is 17.2 Å². The Hall–Kier alpha value is -5.00. The molecule has 0 saturated heterocycles. The van der Waals surface area contributed by atoms with Gasteiger partial charge in [0.05, 0.1) is 45.6 Å². The Morgan fingerprint density at radius 3 is 0.978 bits per heavy atom. The first-order valence-corrected chi connectivity index (χ1v) is 33.5. The van der Waals surface area contributed by atoms with Gasteiger partial charge in [0, 0.05) is 35.6 Å². The van der Waals surface area contributed by atoms with Gasteiger partial charge < -0.3 is 0 Å². The van der Waals surface area contributed by atoms with Gasteiger partial charge in [-0.1, -0.05) is 292 Å². The molecule has 0 bridgehead atoms. The topological polar surface area (TPSA) is 77.3 Å². The molecular weight excluding hydrogens is 1370 g/mol. The van der Waals surface area contributed by atoms with E-state index in [0.29, 0.717) is 0 Å². The minimum atomic E-state index is -0.750. The molecule has 6 aromatic heterocycles. The van der Waals surface area contributed by atoms with E-state index in [9.17, 15) is 0 Å². The third-order valence-corrected chi connectivity index (χ3v) is 15.8. The molecule has 12 rings (SSSR count). The normalized spacial score (nSPS) is 17.3. The summed E-state index contributed by atoms with van der Waals surface area (Å²) in [6.07, 6.45) is 22.4. The van der Waals surface area contributed by atoms with Crippen molar-refractivity contribution in [3.05, 3.63) is 251 Å². The standard InChI is InChI=1S/C68H58N6.4CHCl3/c1-65(2,3)49-37-51-39-54(46-27-23-44(24-28-46)48-35-63(59-19-11-15-31-71-59)74-64(36-48)60-20-12-16-32-72-60)56-42-50(66(4,5)6)38-52-40-53(55(41-49)67(51,7)68(52,56)8)45-25-21-43(22-26-45)47-33-61(57-17-9-13-29-69-57)73-62(34-47)58-18-10-14-30-70-58;4*2-1(3)4/h9-42H,1-8H3;4*1H/t67-,68+;;;;. The van der Waals surface area contributed by atoms with E-state index in [1.165, 1.54) is 55.7 Å². The molecular formula is C72H62Cl12N6. The largest absolute Gasteiger partial charge is 0.255 e. The smallest absolute Gasteiger partial charge is 0.180 e. The monoisotopic (exact) mass is 1430 g/mol. The number of nitrogens with zero attached hydrogens (tertiary/aromatic N) is 6. The maximum atomic E-state index is 5.05. The number of allylic oxidation sites excluding steroid dienone is 14. The lowest BCUT2D eigenvalue weighted by atomic mass is 9.43. The van der Waals surface area contributed by atoms with Gasteiger partial charge in [0.1, 0.15) is 0 Å². The molecule has 2 aromatic carbocycles. The van der Waals surface area contributed by atoms with Gasteiger partial charge in [-0.05, 0) is 174 Å². The molecule has 0 radical (unpaired) electrons. The van der Waals surface area contributed by atoms with Gasteiger partial charge in [-0.3, -0.25) is 19.9 Å². The highest BCUT2D eigenvalue weighted by atomic mass is 35.6. The van der Waals surface area contributed by atoms with E-state index in [2.05, 4.69) is 185 Å². The van der Waals surface area contributed by atoms with Crippen molar-refractivity contribution >= 4 is 150 Å². The van der Waals surface area contributed by atoms with Crippen molar-refractivity contribution in [3.8, 4) is 67.8 Å². The zero-order chi connectivity index (χ0) is 65.3. The fourth-order valence-electron chi connectivity index (χ4n) is 11.3. The Bertz CT molecular complexity index is 3870. The van der Waals surface area contributed by atoms with Crippen LogP contribution in [-0.2, 0) is 0 Å². The molecule has 464 valence electrons. The van der Waals surface area contributed by atoms with Crippen LogP contribution in [0.3, 0.4) is 0 Å². The van der Waals surface area contributed by atoms with Gasteiger partial charge in [-0.25, -0.2) is 9.97 Å². The van der Waals surface area contributed by atoms with Crippen LogP contribution in [0.2, 0.25) is 0 Å². The molecule has 0 fully saturated rings. The van der Waals surface area contributed by atoms with Crippen molar-refractivity contribution in [2.24, 2.45) is 21.7 Å². The molecule has 0 saturated carbocycles. The van der Waals surface area contributed by atoms with Crippen LogP contribution in [0.1, 0.15) is 66.5 Å². The summed E-state index contributed by atoms with van der Waals surface area (Å²) in [7, 11) is 0. The molecule has 0 unspecified atom stereocenters. The number of halogens is 12. The quantitative estimate of drug-likeness (QED) is 0.141. The fraction of sp³-hybridized carbons (Fsp3) is 0.222. The third-order valence-electron chi connectivity index (χ3n) is 15.8. The Morgan fingerprint density at radius 1 is 0.322 bits per heavy atom. The van der Waals surface area contributed by atoms with Crippen molar-refractivity contribution < 1.29 is 0 Å². The zero-order valence-corrected chi connectivity index (χ0v) is 59.2. The van der Waals surface area contributed by atoms with Crippen LogP contribution in [0.15, 0.2) is 240 Å². The van der Waals surface area contributed by atoms with Crippen LogP contribution in [-0.4, -0.2) is 47.1 Å². The molecule has 0 amide bonds. The first-order valence-electron chi connectivity index (χ1n) is 28.3. The molecule has 0 spiro atoms. The van der Waals surface area contributed by atoms with Gasteiger partial charge in [-0.15, -0.1) is 0 Å². The highest BCUT2D eigenvalue weighted by Crippen LogP contribution is 2.70. The molecule has 90 heavy (non-hydrogen) atoms. The summed E-state index contributed by atoms with van der Waals surface area (Å²) < 4.78 is -3.00. The van der Waals surface area contributed by atoms with Gasteiger partial charge in [-0.2, -0.15) is 0 Å². The molecule has 4 aliphatic carbocycles. The highest BCUT2D eigenvalue weighted by Gasteiger charge is 2.59. The van der Waals surface area contributed by atoms with Crippen molar-refractivity contribution in [3.63, 3.8) is 0 Å². The Kier molecular flexibility index (Phi) is 24.3. The van der Waals surface area contributed by atoms with Crippen LogP contribution < -0.4 is 0 Å². The summed E-state index contributed by atoms with van der Waals surface area (Å²) in [5, 5.41) is 0. The number of rotatable bonds is 8. The number of benzene rings is 2. The van der Waals surface area contributed by atoms with Crippen LogP contribution in [0.25, 0.3) is 79.0 Å². The second kappa shape index (κ2) is 30.8. The van der Waals surface area contributed by atoms with E-state index in [1.54, 1.807) is 0 Å². The summed E-state index contributed by atoms with van der Waals surface area (Å²) in [6, 6.07) is 50.7. The lowest BCUT2D eigenvalue weighted by Crippen LogP contribution is -2.49. The van der Waals surface area contributed by atoms with E-state index in [1.807, 2.05) is 97.6 Å². The SMILES string of the molecule is CC(C)(C)C1=CC2=CC(c3ccc(-c4cc(-c5ccccn5)nc(-c5ccccn5)c4)cc3)=C3C=C(C(C)(C)C)C=C4C=C(c5ccc(-c6cc(-c7ccccn7)nc(-c7ccccn7)c6)cc5)C(=C1)[C@@]2(C)[C@]43C.ClC(Cl)Cl.ClC(Cl)Cl.ClC(Cl)Cl.ClC(Cl)Cl. The molecule has 0 aliphatic heterocycles. The number of alkyl halides is 12. The van der Waals surface area contributed by atoms with Gasteiger partial charge >= 0.3 is 0 Å². The summed E-state index contributed by atoms with van der Waals surface area (Å²) in [5.41, 5.74) is 22.8. The number of hydrogen-bond acceptors (Lipinski definition) is 6. The van der Waals surface area contributed by atoms with Crippen molar-refractivity contribution in [2.75, 3.05) is 0 Å². The van der Waals surface area contributed by atoms with E-state index >= 15 is 0 Å². The second-order valence-corrected chi connectivity index (χ2v) is 31.3. The number of aromatic nitrogens is 6. The van der Waals surface area contributed by atoms with Crippen molar-refractivity contribution in [1.82, 2.24) is 29.9 Å². The van der Waals surface area contributed by atoms with Crippen molar-refractivity contribution in [2.45, 2.75) is 72.6 Å². The highest BCUT2D eigenvalue weighted by molar-refractivity contribution is 6.64. The fourth-order valence-corrected chi connectivity index (χ4v) is 11.3. The van der Waals surface area contributed by atoms with Gasteiger partial charge in [0.2, 0.25) is 0 Å². The predicted molar refractivity (Wildman–Crippen MR) is 388 cm³/mol. The predicted octanol–water partition coefficient (Wildman–Crippen LogP) is 24.6. The molecule has 6 heterocycles. The van der Waals surface area contributed by atoms with Crippen LogP contribution >= 0.6 is 139 Å². The Labute approximate surface area is 588 Å². The Morgan fingerprint density at radius 2 is 0.644 bits per heavy atom. The van der Waals surface area contributed by atoms with Crippen LogP contribution in [0.4, 0.5) is 0 Å². The summed E-state index contributed by atoms with van der Waals surface area (Å²) >= 11 is 57.7. The first-order chi connectivity index (χ1) is 42.6.